The van der Waals surface area contributed by atoms with Crippen LogP contribution in [0.1, 0.15) is 39.7 Å². The Hall–Kier alpha value is -0.723. The Kier molecular flexibility index (Phi) is 5.41. The predicted octanol–water partition coefficient (Wildman–Crippen LogP) is 4.13. The number of hydrogen-bond acceptors (Lipinski definition) is 4. The summed E-state index contributed by atoms with van der Waals surface area (Å²) in [4.78, 5) is 0. The fourth-order valence-corrected chi connectivity index (χ4v) is 5.20. The number of aliphatic hydroxyl groups is 1. The van der Waals surface area contributed by atoms with Gasteiger partial charge in [0, 0.05) is 12.3 Å². The number of rotatable bonds is 6. The van der Waals surface area contributed by atoms with Crippen molar-refractivity contribution in [1.29, 1.82) is 0 Å². The minimum absolute atomic E-state index is 0.0556. The van der Waals surface area contributed by atoms with Crippen LogP contribution in [-0.4, -0.2) is 43.9 Å². The zero-order valence-corrected chi connectivity index (χ0v) is 18.0. The Bertz CT molecular complexity index is 612. The van der Waals surface area contributed by atoms with Gasteiger partial charge in [-0.1, -0.05) is 58.0 Å². The van der Waals surface area contributed by atoms with E-state index in [9.17, 15) is 5.11 Å². The molecule has 1 aromatic rings. The molecule has 3 rings (SSSR count). The molecule has 1 N–H and O–H groups in total. The van der Waals surface area contributed by atoms with E-state index in [1.54, 1.807) is 0 Å². The Balaban J connectivity index is 1.73. The fourth-order valence-electron chi connectivity index (χ4n) is 3.84. The molecule has 1 aromatic carbocycles. The summed E-state index contributed by atoms with van der Waals surface area (Å²) in [5.74, 6) is 0.120. The minimum atomic E-state index is -1.96. The van der Waals surface area contributed by atoms with Gasteiger partial charge in [-0.15, -0.1) is 0 Å². The first-order valence-electron chi connectivity index (χ1n) is 9.72. The first-order valence-corrected chi connectivity index (χ1v) is 12.6. The van der Waals surface area contributed by atoms with Gasteiger partial charge in [-0.25, -0.2) is 0 Å². The van der Waals surface area contributed by atoms with Crippen molar-refractivity contribution in [2.45, 2.75) is 82.8 Å². The van der Waals surface area contributed by atoms with Crippen LogP contribution in [0.2, 0.25) is 18.1 Å². The Morgan fingerprint density at radius 2 is 1.88 bits per heavy atom. The molecule has 0 aromatic heterocycles. The van der Waals surface area contributed by atoms with Crippen LogP contribution < -0.4 is 0 Å². The summed E-state index contributed by atoms with van der Waals surface area (Å²) in [6.45, 7) is 14.2. The second-order valence-corrected chi connectivity index (χ2v) is 14.3. The average molecular weight is 379 g/mol. The Labute approximate surface area is 159 Å². The van der Waals surface area contributed by atoms with E-state index in [0.29, 0.717) is 13.2 Å². The maximum absolute atomic E-state index is 10.9. The van der Waals surface area contributed by atoms with Gasteiger partial charge in [0.15, 0.2) is 8.32 Å². The van der Waals surface area contributed by atoms with Crippen molar-refractivity contribution in [1.82, 2.24) is 0 Å². The maximum atomic E-state index is 10.9. The van der Waals surface area contributed by atoms with E-state index < -0.39 is 20.0 Å². The number of ether oxygens (including phenoxy) is 2. The van der Waals surface area contributed by atoms with E-state index in [-0.39, 0.29) is 23.2 Å². The van der Waals surface area contributed by atoms with Crippen molar-refractivity contribution in [2.24, 2.45) is 5.92 Å². The van der Waals surface area contributed by atoms with E-state index in [1.165, 1.54) is 0 Å². The molecule has 0 saturated carbocycles. The molecule has 2 saturated heterocycles. The molecule has 2 fully saturated rings. The molecule has 146 valence electrons. The number of fused-ring (bicyclic) bond motifs is 2. The monoisotopic (exact) mass is 378 g/mol. The van der Waals surface area contributed by atoms with Crippen LogP contribution in [-0.2, 0) is 20.5 Å². The lowest BCUT2D eigenvalue weighted by atomic mass is 9.78. The van der Waals surface area contributed by atoms with Crippen molar-refractivity contribution in [3.8, 4) is 0 Å². The second-order valence-electron chi connectivity index (χ2n) is 9.50. The topological polar surface area (TPSA) is 47.9 Å². The van der Waals surface area contributed by atoms with Crippen LogP contribution in [0.25, 0.3) is 0 Å². The molecular formula is C21H34O4Si. The highest BCUT2D eigenvalue weighted by Crippen LogP contribution is 2.51. The molecule has 0 amide bonds. The molecule has 4 nitrogen and oxygen atoms in total. The third-order valence-electron chi connectivity index (χ3n) is 6.63. The summed E-state index contributed by atoms with van der Waals surface area (Å²) in [5, 5.41) is 11.1. The van der Waals surface area contributed by atoms with Gasteiger partial charge in [-0.05, 0) is 23.7 Å². The lowest BCUT2D eigenvalue weighted by Gasteiger charge is -2.45. The lowest BCUT2D eigenvalue weighted by Crippen LogP contribution is -2.59. The van der Waals surface area contributed by atoms with Crippen LogP contribution in [0.4, 0.5) is 0 Å². The van der Waals surface area contributed by atoms with E-state index in [2.05, 4.69) is 40.8 Å². The molecule has 0 radical (unpaired) electrons. The smallest absolute Gasteiger partial charge is 0.192 e. The predicted molar refractivity (Wildman–Crippen MR) is 106 cm³/mol. The van der Waals surface area contributed by atoms with Gasteiger partial charge >= 0.3 is 0 Å². The molecule has 2 aliphatic heterocycles. The van der Waals surface area contributed by atoms with Gasteiger partial charge in [0.2, 0.25) is 0 Å². The second kappa shape index (κ2) is 7.02. The highest BCUT2D eigenvalue weighted by molar-refractivity contribution is 6.74. The van der Waals surface area contributed by atoms with Gasteiger partial charge in [-0.2, -0.15) is 0 Å². The van der Waals surface area contributed by atoms with Crippen LogP contribution in [0, 0.1) is 5.92 Å². The van der Waals surface area contributed by atoms with Crippen LogP contribution in [0.15, 0.2) is 30.3 Å². The van der Waals surface area contributed by atoms with Crippen molar-refractivity contribution in [3.63, 3.8) is 0 Å². The summed E-state index contributed by atoms with van der Waals surface area (Å²) in [6.07, 6.45) is 0.252. The normalized spacial score (nSPS) is 34.4. The molecule has 2 heterocycles. The number of hydrogen-bond donors (Lipinski definition) is 1. The first kappa shape index (κ1) is 20.0. The third-order valence-corrected chi connectivity index (χ3v) is 11.1. The molecule has 0 spiro atoms. The van der Waals surface area contributed by atoms with Crippen LogP contribution >= 0.6 is 0 Å². The molecule has 5 unspecified atom stereocenters. The molecule has 2 aliphatic rings. The van der Waals surface area contributed by atoms with Crippen molar-refractivity contribution >= 4 is 8.32 Å². The van der Waals surface area contributed by atoms with Crippen molar-refractivity contribution < 1.29 is 19.0 Å². The van der Waals surface area contributed by atoms with Gasteiger partial charge < -0.3 is 19.0 Å². The summed E-state index contributed by atoms with van der Waals surface area (Å²) >= 11 is 0. The maximum Gasteiger partial charge on any atom is 0.192 e. The van der Waals surface area contributed by atoms with Gasteiger partial charge in [0.05, 0.1) is 31.5 Å². The van der Waals surface area contributed by atoms with Crippen molar-refractivity contribution in [3.05, 3.63) is 35.9 Å². The number of aliphatic hydroxyl groups excluding tert-OH is 1. The van der Waals surface area contributed by atoms with Crippen LogP contribution in [0.5, 0.6) is 0 Å². The lowest BCUT2D eigenvalue weighted by molar-refractivity contribution is -0.140. The molecule has 2 bridgehead atoms. The molecular weight excluding hydrogens is 344 g/mol. The first-order chi connectivity index (χ1) is 12.1. The summed E-state index contributed by atoms with van der Waals surface area (Å²) < 4.78 is 19.0. The third kappa shape index (κ3) is 3.52. The van der Waals surface area contributed by atoms with Crippen LogP contribution in [0.3, 0.4) is 0 Å². The van der Waals surface area contributed by atoms with Gasteiger partial charge in [0.25, 0.3) is 0 Å². The highest BCUT2D eigenvalue weighted by Gasteiger charge is 2.64. The summed E-state index contributed by atoms with van der Waals surface area (Å²) in [5.41, 5.74) is 0.384. The largest absolute Gasteiger partial charge is 0.411 e. The molecule has 0 aliphatic carbocycles. The van der Waals surface area contributed by atoms with E-state index in [1.807, 2.05) is 30.3 Å². The van der Waals surface area contributed by atoms with Gasteiger partial charge in [0.1, 0.15) is 5.60 Å². The highest BCUT2D eigenvalue weighted by atomic mass is 28.4. The average Bonchev–Trinajstić information content (AvgIpc) is 3.02. The summed E-state index contributed by atoms with van der Waals surface area (Å²) in [6, 6.07) is 10.1. The molecule has 5 heteroatoms. The standard InChI is InChI=1S/C21H34O4Si/c1-15-17-12-18(25-26(5,6)20(2,3)4)21(24-17,19(15)22)14-23-13-16-10-8-7-9-11-16/h7-11,15,17-19,22H,12-14H2,1-6H3. The van der Waals surface area contributed by atoms with E-state index in [0.717, 1.165) is 12.0 Å². The Morgan fingerprint density at radius 3 is 2.46 bits per heavy atom. The minimum Gasteiger partial charge on any atom is -0.411 e. The van der Waals surface area contributed by atoms with E-state index in [4.69, 9.17) is 13.9 Å². The fraction of sp³-hybridized carbons (Fsp3) is 0.714. The zero-order chi connectivity index (χ0) is 19.2. The number of benzene rings is 1. The van der Waals surface area contributed by atoms with E-state index >= 15 is 0 Å². The molecule has 5 atom stereocenters. The zero-order valence-electron chi connectivity index (χ0n) is 17.0. The summed E-state index contributed by atoms with van der Waals surface area (Å²) in [7, 11) is -1.96. The quantitative estimate of drug-likeness (QED) is 0.756. The van der Waals surface area contributed by atoms with Crippen molar-refractivity contribution in [2.75, 3.05) is 6.61 Å². The SMILES string of the molecule is CC1C2CC(O[Si](C)(C)C(C)(C)C)C(COCc3ccccc3)(O2)C1O. The van der Waals surface area contributed by atoms with Gasteiger partial charge in [-0.3, -0.25) is 0 Å². The molecule has 26 heavy (non-hydrogen) atoms. The Morgan fingerprint density at radius 1 is 1.23 bits per heavy atom.